The third kappa shape index (κ3) is 3.33. The molecule has 5 nitrogen and oxygen atoms in total. The molecule has 0 aliphatic rings. The topological polar surface area (TPSA) is 84.1 Å². The van der Waals surface area contributed by atoms with Crippen LogP contribution in [-0.2, 0) is 5.75 Å². The van der Waals surface area contributed by atoms with E-state index in [-0.39, 0.29) is 5.75 Å². The molecular formula is C11H12N4OS. The fraction of sp³-hybridized carbons (Fsp3) is 0.0909. The largest absolute Gasteiger partial charge is 0.508 e. The second-order valence-corrected chi connectivity index (χ2v) is 4.37. The molecule has 0 saturated heterocycles. The molecule has 1 heterocycles. The number of nitrogens with two attached hydrogens (primary N) is 1. The maximum absolute atomic E-state index is 9.15. The minimum Gasteiger partial charge on any atom is -0.508 e. The van der Waals surface area contributed by atoms with E-state index in [1.165, 1.54) is 0 Å². The number of nitrogens with one attached hydrogen (secondary N) is 1. The first-order chi connectivity index (χ1) is 8.28. The van der Waals surface area contributed by atoms with E-state index in [2.05, 4.69) is 15.4 Å². The van der Waals surface area contributed by atoms with Crippen LogP contribution in [0, 0.1) is 0 Å². The molecule has 4 N–H and O–H groups in total. The van der Waals surface area contributed by atoms with Crippen molar-refractivity contribution in [1.29, 1.82) is 0 Å². The second-order valence-electron chi connectivity index (χ2n) is 3.32. The highest BCUT2D eigenvalue weighted by molar-refractivity contribution is 7.98. The molecule has 1 aromatic heterocycles. The molecule has 2 aromatic rings. The van der Waals surface area contributed by atoms with E-state index in [1.807, 2.05) is 12.1 Å². The average molecular weight is 248 g/mol. The van der Waals surface area contributed by atoms with E-state index in [9.17, 15) is 0 Å². The van der Waals surface area contributed by atoms with E-state index in [0.717, 1.165) is 16.3 Å². The predicted molar refractivity (Wildman–Crippen MR) is 67.5 cm³/mol. The zero-order valence-electron chi connectivity index (χ0n) is 9.00. The number of phenols is 1. The minimum atomic E-state index is 0.271. The maximum atomic E-state index is 9.15. The lowest BCUT2D eigenvalue weighted by atomic mass is 10.3. The van der Waals surface area contributed by atoms with E-state index in [4.69, 9.17) is 10.9 Å². The molecule has 1 aromatic carbocycles. The van der Waals surface area contributed by atoms with Gasteiger partial charge in [0, 0.05) is 10.6 Å². The van der Waals surface area contributed by atoms with Crippen LogP contribution < -0.4 is 11.3 Å². The Morgan fingerprint density at radius 3 is 2.53 bits per heavy atom. The number of anilines is 1. The summed E-state index contributed by atoms with van der Waals surface area (Å²) in [5.41, 5.74) is 3.30. The Balaban J connectivity index is 1.95. The van der Waals surface area contributed by atoms with Gasteiger partial charge >= 0.3 is 0 Å². The molecule has 0 aliphatic heterocycles. The molecule has 0 bridgehead atoms. The van der Waals surface area contributed by atoms with Crippen molar-refractivity contribution in [3.8, 4) is 5.75 Å². The third-order valence-electron chi connectivity index (χ3n) is 2.08. The van der Waals surface area contributed by atoms with E-state index < -0.39 is 0 Å². The number of aromatic nitrogens is 2. The third-order valence-corrected chi connectivity index (χ3v) is 3.12. The number of aromatic hydroxyl groups is 1. The van der Waals surface area contributed by atoms with E-state index in [1.54, 1.807) is 36.3 Å². The highest BCUT2D eigenvalue weighted by atomic mass is 32.2. The summed E-state index contributed by atoms with van der Waals surface area (Å²) >= 11 is 1.63. The van der Waals surface area contributed by atoms with E-state index in [0.29, 0.717) is 5.82 Å². The summed E-state index contributed by atoms with van der Waals surface area (Å²) in [5.74, 6) is 6.74. The zero-order chi connectivity index (χ0) is 12.1. The molecule has 0 radical (unpaired) electrons. The van der Waals surface area contributed by atoms with Gasteiger partial charge in [0.2, 0.25) is 0 Å². The molecular weight excluding hydrogens is 236 g/mol. The summed E-state index contributed by atoms with van der Waals surface area (Å²) in [5, 5.41) is 9.15. The monoisotopic (exact) mass is 248 g/mol. The minimum absolute atomic E-state index is 0.271. The number of nitrogen functional groups attached to an aromatic ring is 1. The molecule has 0 atom stereocenters. The summed E-state index contributed by atoms with van der Waals surface area (Å²) in [4.78, 5) is 9.35. The highest BCUT2D eigenvalue weighted by Gasteiger charge is 1.99. The Bertz CT molecular complexity index is 472. The molecule has 2 rings (SSSR count). The van der Waals surface area contributed by atoms with Gasteiger partial charge in [0.15, 0.2) is 5.82 Å². The first kappa shape index (κ1) is 11.7. The molecule has 0 amide bonds. The molecule has 0 spiro atoms. The quantitative estimate of drug-likeness (QED) is 0.434. The number of phenolic OH excluding ortho intramolecular Hbond substituents is 1. The van der Waals surface area contributed by atoms with Crippen molar-refractivity contribution in [2.45, 2.75) is 10.6 Å². The standard InChI is InChI=1S/C11H12N4OS/c12-15-11-6-13-8(5-14-11)7-17-10-3-1-9(16)2-4-10/h1-6,16H,7,12H2,(H,14,15). The van der Waals surface area contributed by atoms with Crippen LogP contribution in [-0.4, -0.2) is 15.1 Å². The zero-order valence-corrected chi connectivity index (χ0v) is 9.81. The second kappa shape index (κ2) is 5.51. The van der Waals surface area contributed by atoms with Gasteiger partial charge in [-0.25, -0.2) is 10.8 Å². The van der Waals surface area contributed by atoms with Crippen LogP contribution in [0.3, 0.4) is 0 Å². The van der Waals surface area contributed by atoms with Crippen molar-refractivity contribution >= 4 is 17.6 Å². The lowest BCUT2D eigenvalue weighted by molar-refractivity contribution is 0.475. The maximum Gasteiger partial charge on any atom is 0.158 e. The first-order valence-corrected chi connectivity index (χ1v) is 5.96. The van der Waals surface area contributed by atoms with Crippen molar-refractivity contribution in [3.63, 3.8) is 0 Å². The number of nitrogens with zero attached hydrogens (tertiary/aromatic N) is 2. The number of hydrazine groups is 1. The summed E-state index contributed by atoms with van der Waals surface area (Å²) < 4.78 is 0. The predicted octanol–water partition coefficient (Wildman–Crippen LogP) is 1.76. The Kier molecular flexibility index (Phi) is 3.79. The summed E-state index contributed by atoms with van der Waals surface area (Å²) in [6.07, 6.45) is 3.27. The Hall–Kier alpha value is -1.79. The van der Waals surface area contributed by atoms with Gasteiger partial charge in [0.25, 0.3) is 0 Å². The van der Waals surface area contributed by atoms with Crippen molar-refractivity contribution in [1.82, 2.24) is 9.97 Å². The molecule has 0 unspecified atom stereocenters. The summed E-state index contributed by atoms with van der Waals surface area (Å²) in [7, 11) is 0. The highest BCUT2D eigenvalue weighted by Crippen LogP contribution is 2.23. The van der Waals surface area contributed by atoms with Crippen molar-refractivity contribution in [3.05, 3.63) is 42.4 Å². The number of thioether (sulfide) groups is 1. The van der Waals surface area contributed by atoms with Gasteiger partial charge in [0.1, 0.15) is 5.75 Å². The molecule has 17 heavy (non-hydrogen) atoms. The smallest absolute Gasteiger partial charge is 0.158 e. The van der Waals surface area contributed by atoms with E-state index >= 15 is 0 Å². The lowest BCUT2D eigenvalue weighted by Crippen LogP contribution is -2.08. The van der Waals surface area contributed by atoms with Crippen LogP contribution in [0.5, 0.6) is 5.75 Å². The number of hydrogen-bond donors (Lipinski definition) is 3. The summed E-state index contributed by atoms with van der Waals surface area (Å²) in [6.45, 7) is 0. The van der Waals surface area contributed by atoms with Crippen LogP contribution in [0.2, 0.25) is 0 Å². The summed E-state index contributed by atoms with van der Waals surface area (Å²) in [6, 6.07) is 7.05. The van der Waals surface area contributed by atoms with Crippen LogP contribution in [0.15, 0.2) is 41.6 Å². The van der Waals surface area contributed by atoms with Crippen LogP contribution in [0.4, 0.5) is 5.82 Å². The number of benzene rings is 1. The van der Waals surface area contributed by atoms with Gasteiger partial charge in [-0.05, 0) is 24.3 Å². The van der Waals surface area contributed by atoms with Gasteiger partial charge < -0.3 is 10.5 Å². The molecule has 6 heteroatoms. The fourth-order valence-corrected chi connectivity index (χ4v) is 2.00. The fourth-order valence-electron chi connectivity index (χ4n) is 1.20. The van der Waals surface area contributed by atoms with Crippen molar-refractivity contribution in [2.75, 3.05) is 5.43 Å². The average Bonchev–Trinajstić information content (AvgIpc) is 2.39. The number of rotatable bonds is 4. The molecule has 88 valence electrons. The van der Waals surface area contributed by atoms with Gasteiger partial charge in [-0.2, -0.15) is 0 Å². The van der Waals surface area contributed by atoms with Gasteiger partial charge in [0.05, 0.1) is 18.1 Å². The van der Waals surface area contributed by atoms with Crippen LogP contribution in [0.25, 0.3) is 0 Å². The molecule has 0 aliphatic carbocycles. The SMILES string of the molecule is NNc1cnc(CSc2ccc(O)cc2)cn1. The lowest BCUT2D eigenvalue weighted by Gasteiger charge is -2.02. The van der Waals surface area contributed by atoms with Crippen molar-refractivity contribution in [2.24, 2.45) is 5.84 Å². The number of hydrogen-bond acceptors (Lipinski definition) is 6. The van der Waals surface area contributed by atoms with Gasteiger partial charge in [-0.15, -0.1) is 11.8 Å². The van der Waals surface area contributed by atoms with Crippen LogP contribution in [0.1, 0.15) is 5.69 Å². The van der Waals surface area contributed by atoms with Gasteiger partial charge in [-0.1, -0.05) is 0 Å². The van der Waals surface area contributed by atoms with Gasteiger partial charge in [-0.3, -0.25) is 4.98 Å². The Morgan fingerprint density at radius 2 is 1.94 bits per heavy atom. The first-order valence-electron chi connectivity index (χ1n) is 4.97. The van der Waals surface area contributed by atoms with Crippen molar-refractivity contribution < 1.29 is 5.11 Å². The Labute approximate surface area is 103 Å². The Morgan fingerprint density at radius 1 is 1.18 bits per heavy atom. The molecule has 0 fully saturated rings. The van der Waals surface area contributed by atoms with Crippen LogP contribution >= 0.6 is 11.8 Å². The molecule has 0 saturated carbocycles. The normalized spacial score (nSPS) is 10.2.